The van der Waals surface area contributed by atoms with Crippen molar-refractivity contribution in [2.45, 2.75) is 6.92 Å². The van der Waals surface area contributed by atoms with Crippen LogP contribution in [0.5, 0.6) is 0 Å². The van der Waals surface area contributed by atoms with Crippen LogP contribution < -0.4 is 5.73 Å². The number of hydrogen-bond donors (Lipinski definition) is 1. The molecule has 2 N–H and O–H groups in total. The van der Waals surface area contributed by atoms with Crippen molar-refractivity contribution >= 4 is 6.21 Å². The first-order chi connectivity index (χ1) is 3.81. The number of nitrogens with zero attached hydrogens (tertiary/aromatic N) is 1. The minimum Gasteiger partial charge on any atom is -0.384 e. The molecule has 8 heavy (non-hydrogen) atoms. The molecule has 0 aliphatic carbocycles. The average Bonchev–Trinajstić information content (AvgIpc) is 1.83. The molecule has 0 heterocycles. The largest absolute Gasteiger partial charge is 0.384 e. The summed E-state index contributed by atoms with van der Waals surface area (Å²) in [6, 6.07) is 0. The van der Waals surface area contributed by atoms with E-state index in [2.05, 4.69) is 11.6 Å². The van der Waals surface area contributed by atoms with Crippen LogP contribution in [-0.4, -0.2) is 6.21 Å². The van der Waals surface area contributed by atoms with E-state index in [4.69, 9.17) is 5.73 Å². The lowest BCUT2D eigenvalue weighted by Gasteiger charge is -1.83. The highest BCUT2D eigenvalue weighted by Crippen LogP contribution is 1.80. The van der Waals surface area contributed by atoms with Crippen molar-refractivity contribution in [3.63, 3.8) is 0 Å². The standard InChI is InChI=1S/C6H10N2/c1-3-5-8-6(7)4-2/h3-5H,1,7H2,2H3/b6-4-,8-5-. The topological polar surface area (TPSA) is 38.4 Å². The van der Waals surface area contributed by atoms with Gasteiger partial charge in [-0.05, 0) is 13.0 Å². The molecule has 0 bridgehead atoms. The highest BCUT2D eigenvalue weighted by molar-refractivity contribution is 5.71. The third-order valence-corrected chi connectivity index (χ3v) is 0.625. The van der Waals surface area contributed by atoms with Crippen LogP contribution in [0, 0.1) is 0 Å². The van der Waals surface area contributed by atoms with Gasteiger partial charge in [-0.25, -0.2) is 4.99 Å². The zero-order chi connectivity index (χ0) is 6.41. The van der Waals surface area contributed by atoms with Crippen LogP contribution in [0.15, 0.2) is 29.5 Å². The average molecular weight is 110 g/mol. The maximum atomic E-state index is 5.27. The van der Waals surface area contributed by atoms with Crippen LogP contribution in [0.4, 0.5) is 0 Å². The highest BCUT2D eigenvalue weighted by Gasteiger charge is 1.71. The van der Waals surface area contributed by atoms with Crippen molar-refractivity contribution in [2.24, 2.45) is 10.7 Å². The minimum atomic E-state index is 0.518. The maximum Gasteiger partial charge on any atom is 0.118 e. The molecule has 0 saturated carbocycles. The van der Waals surface area contributed by atoms with Gasteiger partial charge in [-0.2, -0.15) is 0 Å². The third kappa shape index (κ3) is 3.15. The molecule has 44 valence electrons. The van der Waals surface area contributed by atoms with Gasteiger partial charge in [0.05, 0.1) is 0 Å². The first-order valence-corrected chi connectivity index (χ1v) is 2.38. The molecule has 0 atom stereocenters. The quantitative estimate of drug-likeness (QED) is 0.530. The number of rotatable bonds is 2. The van der Waals surface area contributed by atoms with E-state index < -0.39 is 0 Å². The van der Waals surface area contributed by atoms with Gasteiger partial charge in [-0.15, -0.1) is 0 Å². The van der Waals surface area contributed by atoms with Crippen molar-refractivity contribution in [3.05, 3.63) is 24.6 Å². The van der Waals surface area contributed by atoms with Crippen LogP contribution in [0.3, 0.4) is 0 Å². The highest BCUT2D eigenvalue weighted by atomic mass is 14.9. The van der Waals surface area contributed by atoms with Gasteiger partial charge in [0, 0.05) is 6.21 Å². The fourth-order valence-electron chi connectivity index (χ4n) is 0.213. The van der Waals surface area contributed by atoms with E-state index in [-0.39, 0.29) is 0 Å². The minimum absolute atomic E-state index is 0.518. The van der Waals surface area contributed by atoms with Crippen molar-refractivity contribution in [3.8, 4) is 0 Å². The third-order valence-electron chi connectivity index (χ3n) is 0.625. The maximum absolute atomic E-state index is 5.27. The van der Waals surface area contributed by atoms with Crippen LogP contribution in [-0.2, 0) is 0 Å². The number of allylic oxidation sites excluding steroid dienone is 2. The lowest BCUT2D eigenvalue weighted by Crippen LogP contribution is -1.90. The summed E-state index contributed by atoms with van der Waals surface area (Å²) in [4.78, 5) is 3.76. The molecule has 0 aromatic rings. The number of hydrogen-bond acceptors (Lipinski definition) is 2. The Morgan fingerprint density at radius 3 is 2.75 bits per heavy atom. The molecule has 0 aromatic heterocycles. The van der Waals surface area contributed by atoms with Crippen molar-refractivity contribution in [1.29, 1.82) is 0 Å². The summed E-state index contributed by atoms with van der Waals surface area (Å²) < 4.78 is 0. The van der Waals surface area contributed by atoms with Crippen LogP contribution in [0.25, 0.3) is 0 Å². The summed E-state index contributed by atoms with van der Waals surface area (Å²) in [6.07, 6.45) is 4.85. The molecule has 0 unspecified atom stereocenters. The second-order valence-corrected chi connectivity index (χ2v) is 1.23. The van der Waals surface area contributed by atoms with Crippen molar-refractivity contribution < 1.29 is 0 Å². The van der Waals surface area contributed by atoms with Gasteiger partial charge in [0.25, 0.3) is 0 Å². The lowest BCUT2D eigenvalue weighted by molar-refractivity contribution is 1.24. The second-order valence-electron chi connectivity index (χ2n) is 1.23. The van der Waals surface area contributed by atoms with Gasteiger partial charge in [0.2, 0.25) is 0 Å². The van der Waals surface area contributed by atoms with E-state index in [1.54, 1.807) is 18.4 Å². The van der Waals surface area contributed by atoms with Crippen LogP contribution in [0.1, 0.15) is 6.92 Å². The van der Waals surface area contributed by atoms with Crippen LogP contribution in [0.2, 0.25) is 0 Å². The predicted molar refractivity (Wildman–Crippen MR) is 36.6 cm³/mol. The van der Waals surface area contributed by atoms with Crippen LogP contribution >= 0.6 is 0 Å². The van der Waals surface area contributed by atoms with Gasteiger partial charge >= 0.3 is 0 Å². The van der Waals surface area contributed by atoms with E-state index in [9.17, 15) is 0 Å². The molecule has 0 saturated heterocycles. The summed E-state index contributed by atoms with van der Waals surface area (Å²) in [7, 11) is 0. The number of nitrogens with two attached hydrogens (primary N) is 1. The molecular weight excluding hydrogens is 100 g/mol. The normalized spacial score (nSPS) is 12.4. The predicted octanol–water partition coefficient (Wildman–Crippen LogP) is 1.06. The fourth-order valence-corrected chi connectivity index (χ4v) is 0.213. The Labute approximate surface area is 49.4 Å². The summed E-state index contributed by atoms with van der Waals surface area (Å²) in [5.74, 6) is 0.518. The van der Waals surface area contributed by atoms with Gasteiger partial charge in [-0.1, -0.05) is 12.7 Å². The van der Waals surface area contributed by atoms with Gasteiger partial charge < -0.3 is 5.73 Å². The summed E-state index contributed by atoms with van der Waals surface area (Å²) in [5.41, 5.74) is 5.27. The zero-order valence-electron chi connectivity index (χ0n) is 4.96. The van der Waals surface area contributed by atoms with Gasteiger partial charge in [-0.3, -0.25) is 0 Å². The second kappa shape index (κ2) is 4.12. The molecule has 0 fully saturated rings. The van der Waals surface area contributed by atoms with E-state index >= 15 is 0 Å². The molecule has 2 heteroatoms. The van der Waals surface area contributed by atoms with Gasteiger partial charge in [0.1, 0.15) is 5.82 Å². The molecule has 0 aliphatic rings. The fraction of sp³-hybridized carbons (Fsp3) is 0.167. The molecule has 0 aromatic carbocycles. The molecule has 0 rings (SSSR count). The molecule has 0 spiro atoms. The molecule has 2 nitrogen and oxygen atoms in total. The Morgan fingerprint density at radius 1 is 1.75 bits per heavy atom. The Bertz CT molecular complexity index is 122. The monoisotopic (exact) mass is 110 g/mol. The Morgan fingerprint density at radius 2 is 2.38 bits per heavy atom. The summed E-state index contributed by atoms with van der Waals surface area (Å²) >= 11 is 0. The Kier molecular flexibility index (Phi) is 3.58. The lowest BCUT2D eigenvalue weighted by atomic mass is 10.6. The SMILES string of the molecule is C=C/C=N\C(N)=C/C. The smallest absolute Gasteiger partial charge is 0.118 e. The van der Waals surface area contributed by atoms with Gasteiger partial charge in [0.15, 0.2) is 0 Å². The Hall–Kier alpha value is -1.05. The van der Waals surface area contributed by atoms with Crippen molar-refractivity contribution in [1.82, 2.24) is 0 Å². The summed E-state index contributed by atoms with van der Waals surface area (Å²) in [6.45, 7) is 5.26. The first kappa shape index (κ1) is 6.95. The number of aliphatic imine (C=N–C) groups is 1. The summed E-state index contributed by atoms with van der Waals surface area (Å²) in [5, 5.41) is 0. The Balaban J connectivity index is 3.69. The molecule has 0 aliphatic heterocycles. The molecule has 0 radical (unpaired) electrons. The first-order valence-electron chi connectivity index (χ1n) is 2.38. The van der Waals surface area contributed by atoms with Crippen molar-refractivity contribution in [2.75, 3.05) is 0 Å². The van der Waals surface area contributed by atoms with E-state index in [1.807, 2.05) is 6.92 Å². The van der Waals surface area contributed by atoms with E-state index in [0.717, 1.165) is 0 Å². The van der Waals surface area contributed by atoms with E-state index in [0.29, 0.717) is 5.82 Å². The van der Waals surface area contributed by atoms with E-state index in [1.165, 1.54) is 0 Å². The molecular formula is C6H10N2. The zero-order valence-corrected chi connectivity index (χ0v) is 4.96. The molecule has 0 amide bonds.